The Morgan fingerprint density at radius 1 is 1.23 bits per heavy atom. The van der Waals surface area contributed by atoms with E-state index in [9.17, 15) is 9.18 Å². The number of nitrogens with one attached hydrogen (secondary N) is 1. The number of hydrogen-bond acceptors (Lipinski definition) is 5. The molecular formula is C22H22FN3O2S2. The molecule has 1 unspecified atom stereocenters. The molecule has 0 spiro atoms. The minimum absolute atomic E-state index is 0.110. The van der Waals surface area contributed by atoms with Crippen molar-refractivity contribution in [3.63, 3.8) is 0 Å². The van der Waals surface area contributed by atoms with E-state index in [0.717, 1.165) is 28.4 Å². The SMILES string of the molecule is Cn1ccnc1C(NC(=O)COc1ccccc1C1SCCS1)c1ccc(F)cc1. The van der Waals surface area contributed by atoms with Crippen molar-refractivity contribution in [1.82, 2.24) is 14.9 Å². The average molecular weight is 444 g/mol. The second-order valence-electron chi connectivity index (χ2n) is 6.85. The minimum atomic E-state index is -0.502. The van der Waals surface area contributed by atoms with E-state index in [1.807, 2.05) is 59.5 Å². The lowest BCUT2D eigenvalue weighted by Crippen LogP contribution is -2.34. The van der Waals surface area contributed by atoms with E-state index in [0.29, 0.717) is 10.4 Å². The summed E-state index contributed by atoms with van der Waals surface area (Å²) in [6.07, 6.45) is 3.48. The van der Waals surface area contributed by atoms with Crippen LogP contribution in [0.25, 0.3) is 0 Å². The van der Waals surface area contributed by atoms with Gasteiger partial charge in [0.05, 0.1) is 4.58 Å². The maximum atomic E-state index is 13.4. The maximum Gasteiger partial charge on any atom is 0.258 e. The van der Waals surface area contributed by atoms with Crippen molar-refractivity contribution in [3.8, 4) is 5.75 Å². The monoisotopic (exact) mass is 443 g/mol. The molecule has 3 aromatic rings. The van der Waals surface area contributed by atoms with Crippen molar-refractivity contribution in [2.75, 3.05) is 18.1 Å². The maximum absolute atomic E-state index is 13.4. The van der Waals surface area contributed by atoms with E-state index in [1.54, 1.807) is 18.3 Å². The molecule has 2 aromatic carbocycles. The molecule has 1 aromatic heterocycles. The Morgan fingerprint density at radius 2 is 1.97 bits per heavy atom. The number of nitrogens with zero attached hydrogens (tertiary/aromatic N) is 2. The van der Waals surface area contributed by atoms with Crippen LogP contribution in [0.3, 0.4) is 0 Å². The molecule has 1 amide bonds. The molecule has 1 saturated heterocycles. The van der Waals surface area contributed by atoms with E-state index >= 15 is 0 Å². The van der Waals surface area contributed by atoms with Gasteiger partial charge in [0.1, 0.15) is 23.4 Å². The largest absolute Gasteiger partial charge is 0.483 e. The molecule has 1 N–H and O–H groups in total. The Labute approximate surface area is 183 Å². The van der Waals surface area contributed by atoms with Crippen LogP contribution in [0.1, 0.15) is 27.6 Å². The first kappa shape index (κ1) is 20.8. The number of rotatable bonds is 7. The van der Waals surface area contributed by atoms with Crippen LogP contribution in [0.5, 0.6) is 5.75 Å². The highest BCUT2D eigenvalue weighted by Crippen LogP contribution is 2.48. The van der Waals surface area contributed by atoms with Gasteiger partial charge in [-0.2, -0.15) is 0 Å². The Kier molecular flexibility index (Phi) is 6.64. The normalized spacial score (nSPS) is 15.1. The molecule has 0 radical (unpaired) electrons. The standard InChI is InChI=1S/C22H22FN3O2S2/c1-26-11-10-24-21(26)20(15-6-8-16(23)9-7-15)25-19(27)14-28-18-5-3-2-4-17(18)22-29-12-13-30-22/h2-11,20,22H,12-14H2,1H3,(H,25,27). The second-order valence-corrected chi connectivity index (χ2v) is 9.57. The van der Waals surface area contributed by atoms with E-state index in [1.165, 1.54) is 12.1 Å². The van der Waals surface area contributed by atoms with E-state index in [-0.39, 0.29) is 18.3 Å². The van der Waals surface area contributed by atoms with Gasteiger partial charge in [0, 0.05) is 36.5 Å². The molecular weight excluding hydrogens is 421 g/mol. The molecule has 8 heteroatoms. The summed E-state index contributed by atoms with van der Waals surface area (Å²) in [6.45, 7) is -0.110. The van der Waals surface area contributed by atoms with Crippen molar-refractivity contribution < 1.29 is 13.9 Å². The van der Waals surface area contributed by atoms with Crippen LogP contribution in [0.4, 0.5) is 4.39 Å². The number of aromatic nitrogens is 2. The predicted molar refractivity (Wildman–Crippen MR) is 119 cm³/mol. The summed E-state index contributed by atoms with van der Waals surface area (Å²) in [4.78, 5) is 17.1. The molecule has 2 heterocycles. The highest BCUT2D eigenvalue weighted by molar-refractivity contribution is 8.19. The number of hydrogen-bond donors (Lipinski definition) is 1. The van der Waals surface area contributed by atoms with Crippen LogP contribution in [-0.2, 0) is 11.8 Å². The van der Waals surface area contributed by atoms with Crippen LogP contribution in [-0.4, -0.2) is 33.6 Å². The van der Waals surface area contributed by atoms with E-state index in [4.69, 9.17) is 4.74 Å². The van der Waals surface area contributed by atoms with Gasteiger partial charge in [-0.1, -0.05) is 30.3 Å². The van der Waals surface area contributed by atoms with Crippen molar-refractivity contribution in [2.45, 2.75) is 10.6 Å². The predicted octanol–water partition coefficient (Wildman–Crippen LogP) is 4.32. The Morgan fingerprint density at radius 3 is 2.67 bits per heavy atom. The molecule has 0 saturated carbocycles. The summed E-state index contributed by atoms with van der Waals surface area (Å²) in [7, 11) is 1.86. The van der Waals surface area contributed by atoms with Crippen LogP contribution >= 0.6 is 23.5 Å². The topological polar surface area (TPSA) is 56.2 Å². The van der Waals surface area contributed by atoms with Gasteiger partial charge in [-0.15, -0.1) is 23.5 Å². The van der Waals surface area contributed by atoms with Crippen LogP contribution in [0.15, 0.2) is 60.9 Å². The first-order valence-corrected chi connectivity index (χ1v) is 11.7. The zero-order chi connectivity index (χ0) is 20.9. The van der Waals surface area contributed by atoms with Crippen molar-refractivity contribution in [3.05, 3.63) is 83.7 Å². The third kappa shape index (κ3) is 4.82. The first-order valence-electron chi connectivity index (χ1n) is 9.59. The van der Waals surface area contributed by atoms with Gasteiger partial charge in [0.15, 0.2) is 6.61 Å². The highest BCUT2D eigenvalue weighted by atomic mass is 32.2. The summed E-state index contributed by atoms with van der Waals surface area (Å²) in [5.74, 6) is 3.03. The number of carbonyl (C=O) groups is 1. The lowest BCUT2D eigenvalue weighted by Gasteiger charge is -2.20. The lowest BCUT2D eigenvalue weighted by atomic mass is 10.1. The number of carbonyl (C=O) groups excluding carboxylic acids is 1. The molecule has 156 valence electrons. The van der Waals surface area contributed by atoms with Crippen LogP contribution < -0.4 is 10.1 Å². The second kappa shape index (κ2) is 9.57. The smallest absolute Gasteiger partial charge is 0.258 e. The number of para-hydroxylation sites is 1. The number of ether oxygens (including phenoxy) is 1. The molecule has 30 heavy (non-hydrogen) atoms. The molecule has 5 nitrogen and oxygen atoms in total. The third-order valence-electron chi connectivity index (χ3n) is 4.78. The number of aryl methyl sites for hydroxylation is 1. The summed E-state index contributed by atoms with van der Waals surface area (Å²) in [5, 5.41) is 2.98. The summed E-state index contributed by atoms with van der Waals surface area (Å²) in [5.41, 5.74) is 1.86. The molecule has 1 aliphatic heterocycles. The fourth-order valence-corrected chi connectivity index (χ4v) is 6.21. The fraction of sp³-hybridized carbons (Fsp3) is 0.273. The number of halogens is 1. The van der Waals surface area contributed by atoms with Gasteiger partial charge in [0.25, 0.3) is 5.91 Å². The quantitative estimate of drug-likeness (QED) is 0.589. The molecule has 1 aliphatic rings. The van der Waals surface area contributed by atoms with Crippen LogP contribution in [0, 0.1) is 5.82 Å². The van der Waals surface area contributed by atoms with Crippen LogP contribution in [0.2, 0.25) is 0 Å². The van der Waals surface area contributed by atoms with Crippen molar-refractivity contribution in [1.29, 1.82) is 0 Å². The van der Waals surface area contributed by atoms with Gasteiger partial charge < -0.3 is 14.6 Å². The Hall–Kier alpha value is -2.45. The van der Waals surface area contributed by atoms with Gasteiger partial charge in [-0.25, -0.2) is 9.37 Å². The van der Waals surface area contributed by atoms with Gasteiger partial charge >= 0.3 is 0 Å². The summed E-state index contributed by atoms with van der Waals surface area (Å²) >= 11 is 3.79. The fourth-order valence-electron chi connectivity index (χ4n) is 3.30. The molecule has 0 bridgehead atoms. The highest BCUT2D eigenvalue weighted by Gasteiger charge is 2.23. The zero-order valence-corrected chi connectivity index (χ0v) is 18.1. The van der Waals surface area contributed by atoms with Gasteiger partial charge in [-0.3, -0.25) is 4.79 Å². The number of benzene rings is 2. The number of amides is 1. The number of imidazole rings is 1. The Bertz CT molecular complexity index is 1000. The van der Waals surface area contributed by atoms with Crippen molar-refractivity contribution >= 4 is 29.4 Å². The lowest BCUT2D eigenvalue weighted by molar-refractivity contribution is -0.123. The summed E-state index contributed by atoms with van der Waals surface area (Å²) in [6, 6.07) is 13.4. The molecule has 1 atom stereocenters. The molecule has 4 rings (SSSR count). The van der Waals surface area contributed by atoms with E-state index < -0.39 is 6.04 Å². The van der Waals surface area contributed by atoms with Gasteiger partial charge in [-0.05, 0) is 23.8 Å². The molecule has 0 aliphatic carbocycles. The number of thioether (sulfide) groups is 2. The average Bonchev–Trinajstić information content (AvgIpc) is 3.43. The minimum Gasteiger partial charge on any atom is -0.483 e. The van der Waals surface area contributed by atoms with E-state index in [2.05, 4.69) is 16.4 Å². The Balaban J connectivity index is 1.47. The third-order valence-corrected chi connectivity index (χ3v) is 7.85. The zero-order valence-electron chi connectivity index (χ0n) is 16.5. The summed E-state index contributed by atoms with van der Waals surface area (Å²) < 4.78 is 21.4. The van der Waals surface area contributed by atoms with Gasteiger partial charge in [0.2, 0.25) is 0 Å². The first-order chi connectivity index (χ1) is 14.6. The molecule has 1 fully saturated rings. The van der Waals surface area contributed by atoms with Crippen molar-refractivity contribution in [2.24, 2.45) is 7.05 Å².